The van der Waals surface area contributed by atoms with E-state index in [-0.39, 0.29) is 12.0 Å². The van der Waals surface area contributed by atoms with Crippen molar-refractivity contribution in [1.82, 2.24) is 0 Å². The van der Waals surface area contributed by atoms with Crippen LogP contribution in [0.15, 0.2) is 18.2 Å². The molecule has 1 aliphatic rings. The third-order valence-corrected chi connectivity index (χ3v) is 2.66. The molecule has 1 N–H and O–H groups in total. The molecular weight excluding hydrogens is 246 g/mol. The number of hydrogen-bond donors (Lipinski definition) is 1. The Morgan fingerprint density at radius 2 is 1.89 bits per heavy atom. The molecule has 0 spiro atoms. The molecule has 5 heteroatoms. The average molecular weight is 265 g/mol. The smallest absolute Gasteiger partial charge is 0.253 e. The van der Waals surface area contributed by atoms with Crippen LogP contribution >= 0.6 is 0 Å². The Bertz CT molecular complexity index is 459. The minimum atomic E-state index is -0.492. The number of amides is 1. The third kappa shape index (κ3) is 3.61. The number of carbonyl (C=O) groups excluding carboxylic acids is 1. The van der Waals surface area contributed by atoms with Crippen LogP contribution in [0.3, 0.4) is 0 Å². The van der Waals surface area contributed by atoms with Gasteiger partial charge in [0.2, 0.25) is 0 Å². The molecule has 1 aromatic rings. The van der Waals surface area contributed by atoms with Crippen LogP contribution < -0.4 is 14.8 Å². The second-order valence-corrected chi connectivity index (χ2v) is 4.67. The van der Waals surface area contributed by atoms with E-state index >= 15 is 0 Å². The summed E-state index contributed by atoms with van der Waals surface area (Å²) in [6.07, 6.45) is -0.478. The van der Waals surface area contributed by atoms with Gasteiger partial charge in [-0.2, -0.15) is 0 Å². The first kappa shape index (κ1) is 13.7. The highest BCUT2D eigenvalue weighted by Crippen LogP contribution is 2.32. The van der Waals surface area contributed by atoms with E-state index in [1.807, 2.05) is 13.8 Å². The van der Waals surface area contributed by atoms with Crippen molar-refractivity contribution in [3.8, 4) is 11.5 Å². The summed E-state index contributed by atoms with van der Waals surface area (Å²) >= 11 is 0. The van der Waals surface area contributed by atoms with Crippen LogP contribution in [0.2, 0.25) is 0 Å². The molecule has 0 saturated carbocycles. The van der Waals surface area contributed by atoms with E-state index in [1.165, 1.54) is 0 Å². The fraction of sp³-hybridized carbons (Fsp3) is 0.500. The third-order valence-electron chi connectivity index (χ3n) is 2.66. The van der Waals surface area contributed by atoms with E-state index in [0.29, 0.717) is 30.4 Å². The maximum absolute atomic E-state index is 11.9. The van der Waals surface area contributed by atoms with E-state index < -0.39 is 6.10 Å². The van der Waals surface area contributed by atoms with Crippen molar-refractivity contribution in [3.05, 3.63) is 18.2 Å². The summed E-state index contributed by atoms with van der Waals surface area (Å²) in [7, 11) is 0. The molecule has 1 aliphatic heterocycles. The number of rotatable bonds is 4. The Kier molecular flexibility index (Phi) is 4.27. The average Bonchev–Trinajstić information content (AvgIpc) is 2.37. The molecule has 1 heterocycles. The van der Waals surface area contributed by atoms with Crippen LogP contribution in [0.1, 0.15) is 20.8 Å². The standard InChI is InChI=1S/C14H19NO4/c1-9(2)19-10(3)14(16)15-11-4-5-12-13(8-11)18-7-6-17-12/h4-5,8-10H,6-7H2,1-3H3,(H,15,16). The lowest BCUT2D eigenvalue weighted by atomic mass is 10.2. The minimum Gasteiger partial charge on any atom is -0.486 e. The molecule has 19 heavy (non-hydrogen) atoms. The van der Waals surface area contributed by atoms with Crippen LogP contribution in [0.5, 0.6) is 11.5 Å². The molecule has 0 saturated heterocycles. The van der Waals surface area contributed by atoms with Gasteiger partial charge < -0.3 is 19.5 Å². The van der Waals surface area contributed by atoms with Crippen LogP contribution in [0.25, 0.3) is 0 Å². The molecule has 2 rings (SSSR count). The highest BCUT2D eigenvalue weighted by molar-refractivity contribution is 5.94. The molecule has 0 fully saturated rings. The van der Waals surface area contributed by atoms with Crippen molar-refractivity contribution in [2.75, 3.05) is 18.5 Å². The van der Waals surface area contributed by atoms with Crippen LogP contribution in [-0.2, 0) is 9.53 Å². The zero-order valence-corrected chi connectivity index (χ0v) is 11.4. The highest BCUT2D eigenvalue weighted by atomic mass is 16.6. The molecule has 0 aromatic heterocycles. The minimum absolute atomic E-state index is 0.0148. The van der Waals surface area contributed by atoms with Gasteiger partial charge in [0.1, 0.15) is 19.3 Å². The van der Waals surface area contributed by atoms with Crippen molar-refractivity contribution in [1.29, 1.82) is 0 Å². The number of nitrogens with one attached hydrogen (secondary N) is 1. The fourth-order valence-electron chi connectivity index (χ4n) is 1.84. The first-order valence-electron chi connectivity index (χ1n) is 6.42. The predicted molar refractivity (Wildman–Crippen MR) is 71.7 cm³/mol. The SMILES string of the molecule is CC(C)OC(C)C(=O)Nc1ccc2c(c1)OCCO2. The summed E-state index contributed by atoms with van der Waals surface area (Å²) < 4.78 is 16.3. The first-order valence-corrected chi connectivity index (χ1v) is 6.42. The van der Waals surface area contributed by atoms with Gasteiger partial charge in [-0.3, -0.25) is 4.79 Å². The number of ether oxygens (including phenoxy) is 3. The molecule has 0 aliphatic carbocycles. The summed E-state index contributed by atoms with van der Waals surface area (Å²) in [5, 5.41) is 2.80. The molecule has 1 unspecified atom stereocenters. The Balaban J connectivity index is 2.01. The monoisotopic (exact) mass is 265 g/mol. The zero-order valence-electron chi connectivity index (χ0n) is 11.4. The molecule has 0 radical (unpaired) electrons. The number of anilines is 1. The van der Waals surface area contributed by atoms with E-state index in [4.69, 9.17) is 14.2 Å². The lowest BCUT2D eigenvalue weighted by Crippen LogP contribution is -2.29. The van der Waals surface area contributed by atoms with Gasteiger partial charge in [0.05, 0.1) is 6.10 Å². The zero-order chi connectivity index (χ0) is 13.8. The molecule has 104 valence electrons. The lowest BCUT2D eigenvalue weighted by Gasteiger charge is -2.20. The molecule has 1 atom stereocenters. The van der Waals surface area contributed by atoms with Crippen LogP contribution in [0, 0.1) is 0 Å². The Morgan fingerprint density at radius 1 is 1.21 bits per heavy atom. The highest BCUT2D eigenvalue weighted by Gasteiger charge is 2.17. The van der Waals surface area contributed by atoms with Gasteiger partial charge >= 0.3 is 0 Å². The summed E-state index contributed by atoms with van der Waals surface area (Å²) in [4.78, 5) is 11.9. The summed E-state index contributed by atoms with van der Waals surface area (Å²) in [5.41, 5.74) is 0.674. The normalized spacial score (nSPS) is 15.2. The molecule has 1 amide bonds. The van der Waals surface area contributed by atoms with Gasteiger partial charge in [-0.25, -0.2) is 0 Å². The number of carbonyl (C=O) groups is 1. The second-order valence-electron chi connectivity index (χ2n) is 4.67. The maximum Gasteiger partial charge on any atom is 0.253 e. The van der Waals surface area contributed by atoms with E-state index in [1.54, 1.807) is 25.1 Å². The number of hydrogen-bond acceptors (Lipinski definition) is 4. The van der Waals surface area contributed by atoms with Gasteiger partial charge in [0.15, 0.2) is 11.5 Å². The molecule has 1 aromatic carbocycles. The predicted octanol–water partition coefficient (Wildman–Crippen LogP) is 2.21. The summed E-state index contributed by atoms with van der Waals surface area (Å²) in [6, 6.07) is 5.33. The van der Waals surface area contributed by atoms with Crippen molar-refractivity contribution < 1.29 is 19.0 Å². The largest absolute Gasteiger partial charge is 0.486 e. The van der Waals surface area contributed by atoms with E-state index in [2.05, 4.69) is 5.32 Å². The fourth-order valence-corrected chi connectivity index (χ4v) is 1.84. The molecule has 5 nitrogen and oxygen atoms in total. The van der Waals surface area contributed by atoms with E-state index in [9.17, 15) is 4.79 Å². The van der Waals surface area contributed by atoms with Gasteiger partial charge in [-0.05, 0) is 32.9 Å². The quantitative estimate of drug-likeness (QED) is 0.906. The van der Waals surface area contributed by atoms with Gasteiger partial charge in [-0.15, -0.1) is 0 Å². The van der Waals surface area contributed by atoms with Crippen LogP contribution in [-0.4, -0.2) is 31.3 Å². The van der Waals surface area contributed by atoms with Crippen molar-refractivity contribution >= 4 is 11.6 Å². The summed E-state index contributed by atoms with van der Waals surface area (Å²) in [5.74, 6) is 1.18. The molecule has 0 bridgehead atoms. The number of fused-ring (bicyclic) bond motifs is 1. The Hall–Kier alpha value is -1.75. The van der Waals surface area contributed by atoms with Crippen molar-refractivity contribution in [3.63, 3.8) is 0 Å². The Morgan fingerprint density at radius 3 is 2.58 bits per heavy atom. The van der Waals surface area contributed by atoms with Crippen molar-refractivity contribution in [2.45, 2.75) is 33.0 Å². The first-order chi connectivity index (χ1) is 9.06. The Labute approximate surface area is 112 Å². The summed E-state index contributed by atoms with van der Waals surface area (Å²) in [6.45, 7) is 6.60. The maximum atomic E-state index is 11.9. The topological polar surface area (TPSA) is 56.8 Å². The van der Waals surface area contributed by atoms with Gasteiger partial charge in [-0.1, -0.05) is 0 Å². The molecular formula is C14H19NO4. The lowest BCUT2D eigenvalue weighted by molar-refractivity contribution is -0.128. The van der Waals surface area contributed by atoms with Gasteiger partial charge in [0, 0.05) is 11.8 Å². The second kappa shape index (κ2) is 5.93. The number of benzene rings is 1. The van der Waals surface area contributed by atoms with Crippen molar-refractivity contribution in [2.24, 2.45) is 0 Å². The van der Waals surface area contributed by atoms with E-state index in [0.717, 1.165) is 0 Å². The van der Waals surface area contributed by atoms with Gasteiger partial charge in [0.25, 0.3) is 5.91 Å². The van der Waals surface area contributed by atoms with Crippen LogP contribution in [0.4, 0.5) is 5.69 Å².